The Morgan fingerprint density at radius 3 is 2.79 bits per heavy atom. The molecule has 1 amide bonds. The van der Waals surface area contributed by atoms with Gasteiger partial charge in [-0.3, -0.25) is 4.79 Å². The Balaban J connectivity index is 1.58. The second kappa shape index (κ2) is 6.60. The van der Waals surface area contributed by atoms with Gasteiger partial charge < -0.3 is 4.90 Å². The van der Waals surface area contributed by atoms with E-state index < -0.39 is 0 Å². The monoisotopic (exact) mass is 387 g/mol. The summed E-state index contributed by atoms with van der Waals surface area (Å²) in [5, 5.41) is 5.77. The molecule has 0 atom stereocenters. The van der Waals surface area contributed by atoms with E-state index in [1.54, 1.807) is 0 Å². The number of fused-ring (bicyclic) bond motifs is 2. The molecule has 2 aromatic carbocycles. The average Bonchev–Trinajstić information content (AvgIpc) is 3.28. The summed E-state index contributed by atoms with van der Waals surface area (Å²) in [5.41, 5.74) is 5.48. The van der Waals surface area contributed by atoms with E-state index in [9.17, 15) is 4.79 Å². The van der Waals surface area contributed by atoms with Gasteiger partial charge in [-0.25, -0.2) is 4.68 Å². The van der Waals surface area contributed by atoms with E-state index in [-0.39, 0.29) is 5.91 Å². The van der Waals surface area contributed by atoms with Gasteiger partial charge in [0.25, 0.3) is 5.91 Å². The predicted octanol–water partition coefficient (Wildman–Crippen LogP) is 5.30. The van der Waals surface area contributed by atoms with Crippen LogP contribution in [-0.4, -0.2) is 22.2 Å². The van der Waals surface area contributed by atoms with Gasteiger partial charge in [0.05, 0.1) is 16.3 Å². The minimum absolute atomic E-state index is 0.0866. The van der Waals surface area contributed by atoms with Crippen molar-refractivity contribution in [1.29, 1.82) is 0 Å². The second-order valence-electron chi connectivity index (χ2n) is 7.35. The number of para-hydroxylation sites is 1. The molecule has 4 aromatic rings. The number of hydrogen-bond acceptors (Lipinski definition) is 3. The molecule has 1 aliphatic heterocycles. The van der Waals surface area contributed by atoms with Crippen LogP contribution < -0.4 is 4.90 Å². The third-order valence-corrected chi connectivity index (χ3v) is 6.46. The van der Waals surface area contributed by atoms with E-state index in [1.165, 1.54) is 22.5 Å². The molecule has 2 aromatic heterocycles. The molecule has 4 nitrogen and oxygen atoms in total. The largest absolute Gasteiger partial charge is 0.307 e. The Labute approximate surface area is 168 Å². The molecule has 0 radical (unpaired) electrons. The van der Waals surface area contributed by atoms with E-state index >= 15 is 0 Å². The molecule has 0 saturated heterocycles. The zero-order valence-corrected chi connectivity index (χ0v) is 16.8. The molecule has 0 N–H and O–H groups in total. The Bertz CT molecular complexity index is 1200. The summed E-state index contributed by atoms with van der Waals surface area (Å²) < 4.78 is 1.96. The molecule has 0 bridgehead atoms. The number of aromatic nitrogens is 2. The maximum absolute atomic E-state index is 13.3. The SMILES string of the molecule is Cc1cccc(-n2nc(C)c3cc(C(=O)N4CCCc5ccccc54)sc32)c1. The first kappa shape index (κ1) is 17.2. The maximum atomic E-state index is 13.3. The highest BCUT2D eigenvalue weighted by Gasteiger charge is 2.26. The third kappa shape index (κ3) is 2.74. The fraction of sp³-hybridized carbons (Fsp3) is 0.217. The fourth-order valence-electron chi connectivity index (χ4n) is 3.96. The normalized spacial score (nSPS) is 13.7. The Morgan fingerprint density at radius 2 is 1.93 bits per heavy atom. The van der Waals surface area contributed by atoms with Gasteiger partial charge in [0, 0.05) is 17.6 Å². The Hall–Kier alpha value is -2.92. The van der Waals surface area contributed by atoms with Crippen LogP contribution in [0.1, 0.15) is 32.9 Å². The lowest BCUT2D eigenvalue weighted by Crippen LogP contribution is -2.34. The van der Waals surface area contributed by atoms with E-state index in [2.05, 4.69) is 37.3 Å². The summed E-state index contributed by atoms with van der Waals surface area (Å²) >= 11 is 1.53. The van der Waals surface area contributed by atoms with Gasteiger partial charge in [0.15, 0.2) is 0 Å². The number of carbonyl (C=O) groups is 1. The van der Waals surface area contributed by atoms with Crippen LogP contribution in [0.2, 0.25) is 0 Å². The lowest BCUT2D eigenvalue weighted by Gasteiger charge is -2.29. The molecule has 0 unspecified atom stereocenters. The van der Waals surface area contributed by atoms with Crippen molar-refractivity contribution in [2.75, 3.05) is 11.4 Å². The van der Waals surface area contributed by atoms with Crippen molar-refractivity contribution in [3.05, 3.63) is 76.3 Å². The van der Waals surface area contributed by atoms with Crippen LogP contribution in [0.15, 0.2) is 54.6 Å². The van der Waals surface area contributed by atoms with E-state index in [0.29, 0.717) is 0 Å². The summed E-state index contributed by atoms with van der Waals surface area (Å²) in [6, 6.07) is 18.5. The zero-order valence-electron chi connectivity index (χ0n) is 16.0. The van der Waals surface area contributed by atoms with E-state index in [0.717, 1.165) is 51.5 Å². The van der Waals surface area contributed by atoms with Gasteiger partial charge >= 0.3 is 0 Å². The number of carbonyl (C=O) groups excluding carboxylic acids is 1. The topological polar surface area (TPSA) is 38.1 Å². The van der Waals surface area contributed by atoms with Gasteiger partial charge in [-0.15, -0.1) is 11.3 Å². The minimum Gasteiger partial charge on any atom is -0.307 e. The molecule has 3 heterocycles. The van der Waals surface area contributed by atoms with Crippen LogP contribution >= 0.6 is 11.3 Å². The fourth-order valence-corrected chi connectivity index (χ4v) is 5.10. The highest BCUT2D eigenvalue weighted by Crippen LogP contribution is 2.34. The van der Waals surface area contributed by atoms with Gasteiger partial charge in [-0.1, -0.05) is 30.3 Å². The second-order valence-corrected chi connectivity index (χ2v) is 8.39. The Morgan fingerprint density at radius 1 is 1.07 bits per heavy atom. The molecule has 5 rings (SSSR count). The number of thiophene rings is 1. The first-order valence-electron chi connectivity index (χ1n) is 9.58. The van der Waals surface area contributed by atoms with Crippen molar-refractivity contribution >= 4 is 33.1 Å². The van der Waals surface area contributed by atoms with Gasteiger partial charge in [-0.2, -0.15) is 5.10 Å². The lowest BCUT2D eigenvalue weighted by atomic mass is 10.0. The van der Waals surface area contributed by atoms with Crippen LogP contribution in [0.3, 0.4) is 0 Å². The molecular formula is C23H21N3OS. The van der Waals surface area contributed by atoms with Crippen molar-refractivity contribution in [1.82, 2.24) is 9.78 Å². The number of amides is 1. The quantitative estimate of drug-likeness (QED) is 0.468. The Kier molecular flexibility index (Phi) is 4.05. The smallest absolute Gasteiger partial charge is 0.268 e. The van der Waals surface area contributed by atoms with Crippen LogP contribution in [0.25, 0.3) is 15.9 Å². The van der Waals surface area contributed by atoms with Crippen molar-refractivity contribution in [2.45, 2.75) is 26.7 Å². The molecular weight excluding hydrogens is 366 g/mol. The molecule has 28 heavy (non-hydrogen) atoms. The van der Waals surface area contributed by atoms with Crippen LogP contribution in [0.4, 0.5) is 5.69 Å². The number of anilines is 1. The number of aryl methyl sites for hydroxylation is 3. The van der Waals surface area contributed by atoms with Crippen molar-refractivity contribution in [3.63, 3.8) is 0 Å². The molecule has 0 fully saturated rings. The number of rotatable bonds is 2. The van der Waals surface area contributed by atoms with Gasteiger partial charge in [0.1, 0.15) is 4.83 Å². The zero-order chi connectivity index (χ0) is 19.3. The number of nitrogens with zero attached hydrogens (tertiary/aromatic N) is 3. The summed E-state index contributed by atoms with van der Waals surface area (Å²) in [6.07, 6.45) is 2.04. The maximum Gasteiger partial charge on any atom is 0.268 e. The summed E-state index contributed by atoms with van der Waals surface area (Å²) in [6.45, 7) is 4.85. The minimum atomic E-state index is 0.0866. The van der Waals surface area contributed by atoms with Crippen LogP contribution in [-0.2, 0) is 6.42 Å². The van der Waals surface area contributed by atoms with Crippen molar-refractivity contribution in [2.24, 2.45) is 0 Å². The van der Waals surface area contributed by atoms with E-state index in [4.69, 9.17) is 5.10 Å². The average molecular weight is 388 g/mol. The molecule has 0 saturated carbocycles. The molecule has 0 aliphatic carbocycles. The number of hydrogen-bond donors (Lipinski definition) is 0. The molecule has 1 aliphatic rings. The van der Waals surface area contributed by atoms with Crippen LogP contribution in [0, 0.1) is 13.8 Å². The highest BCUT2D eigenvalue weighted by molar-refractivity contribution is 7.20. The van der Waals surface area contributed by atoms with E-state index in [1.807, 2.05) is 40.8 Å². The molecule has 0 spiro atoms. The molecule has 5 heteroatoms. The van der Waals surface area contributed by atoms with Gasteiger partial charge in [-0.05, 0) is 62.1 Å². The number of benzene rings is 2. The summed E-state index contributed by atoms with van der Waals surface area (Å²) in [4.78, 5) is 17.1. The third-order valence-electron chi connectivity index (χ3n) is 5.36. The highest BCUT2D eigenvalue weighted by atomic mass is 32.1. The molecule has 140 valence electrons. The first-order valence-corrected chi connectivity index (χ1v) is 10.4. The summed E-state index contributed by atoms with van der Waals surface area (Å²) in [7, 11) is 0. The van der Waals surface area contributed by atoms with Crippen molar-refractivity contribution in [3.8, 4) is 5.69 Å². The van der Waals surface area contributed by atoms with Crippen molar-refractivity contribution < 1.29 is 4.79 Å². The first-order chi connectivity index (χ1) is 13.6. The predicted molar refractivity (Wildman–Crippen MR) is 115 cm³/mol. The lowest BCUT2D eigenvalue weighted by molar-refractivity contribution is 0.0989. The van der Waals surface area contributed by atoms with Crippen LogP contribution in [0.5, 0.6) is 0 Å². The standard InChI is InChI=1S/C23H21N3OS/c1-15-7-5-10-18(13-15)26-23-19(16(2)24-26)14-21(28-23)22(27)25-12-6-9-17-8-3-4-11-20(17)25/h3-5,7-8,10-11,13-14H,6,9,12H2,1-2H3. The summed E-state index contributed by atoms with van der Waals surface area (Å²) in [5.74, 6) is 0.0866. The van der Waals surface area contributed by atoms with Gasteiger partial charge in [0.2, 0.25) is 0 Å².